The van der Waals surface area contributed by atoms with Gasteiger partial charge in [0.1, 0.15) is 0 Å². The van der Waals surface area contributed by atoms with Crippen molar-refractivity contribution in [3.63, 3.8) is 0 Å². The lowest BCUT2D eigenvalue weighted by atomic mass is 10.1. The number of carbonyl (C=O) groups excluding carboxylic acids is 2. The first-order chi connectivity index (χ1) is 9.67. The number of nitrogens with one attached hydrogen (secondary N) is 2. The summed E-state index contributed by atoms with van der Waals surface area (Å²) in [7, 11) is 0. The Kier molecular flexibility index (Phi) is 7.17. The molecule has 1 aromatic rings. The predicted octanol–water partition coefficient (Wildman–Crippen LogP) is 1.40. The molecule has 0 fully saturated rings. The van der Waals surface area contributed by atoms with Crippen LogP contribution in [0.5, 0.6) is 0 Å². The van der Waals surface area contributed by atoms with Crippen molar-refractivity contribution in [1.82, 2.24) is 15.5 Å². The molecular formula is C15H23N3O2. The van der Waals surface area contributed by atoms with E-state index in [-0.39, 0.29) is 11.9 Å². The van der Waals surface area contributed by atoms with Gasteiger partial charge in [0.15, 0.2) is 0 Å². The molecule has 0 atom stereocenters. The number of hydrogen-bond donors (Lipinski definition) is 2. The van der Waals surface area contributed by atoms with Gasteiger partial charge in [0, 0.05) is 26.2 Å². The van der Waals surface area contributed by atoms with Gasteiger partial charge < -0.3 is 15.5 Å². The molecule has 0 aliphatic rings. The molecule has 0 aliphatic heterocycles. The normalized spacial score (nSPS) is 9.90. The van der Waals surface area contributed by atoms with Crippen LogP contribution in [0.1, 0.15) is 19.4 Å². The highest BCUT2D eigenvalue weighted by Crippen LogP contribution is 1.98. The van der Waals surface area contributed by atoms with Gasteiger partial charge in [-0.2, -0.15) is 0 Å². The summed E-state index contributed by atoms with van der Waals surface area (Å²) in [4.78, 5) is 25.0. The minimum atomic E-state index is -0.0905. The monoisotopic (exact) mass is 277 g/mol. The lowest BCUT2D eigenvalue weighted by molar-refractivity contribution is -0.120. The van der Waals surface area contributed by atoms with Crippen molar-refractivity contribution in [2.75, 3.05) is 26.2 Å². The molecule has 110 valence electrons. The zero-order chi connectivity index (χ0) is 14.8. The summed E-state index contributed by atoms with van der Waals surface area (Å²) in [5.74, 6) is -0.0340. The van der Waals surface area contributed by atoms with E-state index in [1.54, 1.807) is 4.90 Å². The summed E-state index contributed by atoms with van der Waals surface area (Å²) in [6.45, 7) is 6.12. The second kappa shape index (κ2) is 8.96. The molecule has 5 nitrogen and oxygen atoms in total. The second-order valence-corrected chi connectivity index (χ2v) is 4.42. The van der Waals surface area contributed by atoms with Crippen LogP contribution >= 0.6 is 0 Å². The highest BCUT2D eigenvalue weighted by atomic mass is 16.2. The van der Waals surface area contributed by atoms with Gasteiger partial charge in [-0.1, -0.05) is 30.3 Å². The standard InChI is InChI=1S/C15H23N3O2/c1-3-18(4-2)15(20)17-11-10-16-14(19)12-13-8-6-5-7-9-13/h5-9H,3-4,10-12H2,1-2H3,(H,16,19)(H,17,20). The van der Waals surface area contributed by atoms with Crippen LogP contribution in [0, 0.1) is 0 Å². The van der Waals surface area contributed by atoms with E-state index in [9.17, 15) is 9.59 Å². The van der Waals surface area contributed by atoms with E-state index >= 15 is 0 Å². The van der Waals surface area contributed by atoms with E-state index in [2.05, 4.69) is 10.6 Å². The number of amides is 3. The Morgan fingerprint density at radius 3 is 2.20 bits per heavy atom. The van der Waals surface area contributed by atoms with E-state index in [1.165, 1.54) is 0 Å². The Morgan fingerprint density at radius 2 is 1.60 bits per heavy atom. The second-order valence-electron chi connectivity index (χ2n) is 4.42. The van der Waals surface area contributed by atoms with Crippen LogP contribution in [0.4, 0.5) is 4.79 Å². The molecule has 1 rings (SSSR count). The van der Waals surface area contributed by atoms with Gasteiger partial charge in [-0.25, -0.2) is 4.79 Å². The van der Waals surface area contributed by atoms with Crippen LogP contribution in [0.15, 0.2) is 30.3 Å². The maximum Gasteiger partial charge on any atom is 0.317 e. The van der Waals surface area contributed by atoms with Crippen LogP contribution in [-0.2, 0) is 11.2 Å². The molecule has 0 saturated heterocycles. The number of benzene rings is 1. The van der Waals surface area contributed by atoms with Gasteiger partial charge in [0.2, 0.25) is 5.91 Å². The van der Waals surface area contributed by atoms with Crippen LogP contribution in [0.25, 0.3) is 0 Å². The lowest BCUT2D eigenvalue weighted by Gasteiger charge is -2.19. The van der Waals surface area contributed by atoms with Gasteiger partial charge in [0.05, 0.1) is 6.42 Å². The molecule has 0 aliphatic carbocycles. The van der Waals surface area contributed by atoms with E-state index in [1.807, 2.05) is 44.2 Å². The van der Waals surface area contributed by atoms with E-state index in [4.69, 9.17) is 0 Å². The van der Waals surface area contributed by atoms with Gasteiger partial charge in [-0.15, -0.1) is 0 Å². The zero-order valence-corrected chi connectivity index (χ0v) is 12.2. The van der Waals surface area contributed by atoms with Crippen molar-refractivity contribution in [1.29, 1.82) is 0 Å². The number of carbonyl (C=O) groups is 2. The third-order valence-corrected chi connectivity index (χ3v) is 2.98. The largest absolute Gasteiger partial charge is 0.354 e. The number of hydrogen-bond acceptors (Lipinski definition) is 2. The van der Waals surface area contributed by atoms with Crippen molar-refractivity contribution >= 4 is 11.9 Å². The van der Waals surface area contributed by atoms with Crippen molar-refractivity contribution in [3.05, 3.63) is 35.9 Å². The maximum absolute atomic E-state index is 11.7. The summed E-state index contributed by atoms with van der Waals surface area (Å²) in [5.41, 5.74) is 0.983. The molecule has 1 aromatic carbocycles. The fourth-order valence-corrected chi connectivity index (χ4v) is 1.84. The molecule has 3 amide bonds. The van der Waals surface area contributed by atoms with Gasteiger partial charge >= 0.3 is 6.03 Å². The Morgan fingerprint density at radius 1 is 1.00 bits per heavy atom. The molecule has 0 radical (unpaired) electrons. The van der Waals surface area contributed by atoms with Crippen LogP contribution < -0.4 is 10.6 Å². The first-order valence-electron chi connectivity index (χ1n) is 7.00. The van der Waals surface area contributed by atoms with Gasteiger partial charge in [-0.05, 0) is 19.4 Å². The Bertz CT molecular complexity index is 416. The zero-order valence-electron chi connectivity index (χ0n) is 12.2. The quantitative estimate of drug-likeness (QED) is 0.740. The van der Waals surface area contributed by atoms with Crippen molar-refractivity contribution in [3.8, 4) is 0 Å². The highest BCUT2D eigenvalue weighted by Gasteiger charge is 2.08. The lowest BCUT2D eigenvalue weighted by Crippen LogP contribution is -2.43. The average Bonchev–Trinajstić information content (AvgIpc) is 2.46. The average molecular weight is 277 g/mol. The van der Waals surface area contributed by atoms with Gasteiger partial charge in [-0.3, -0.25) is 4.79 Å². The van der Waals surface area contributed by atoms with Crippen LogP contribution in [0.3, 0.4) is 0 Å². The van der Waals surface area contributed by atoms with Crippen LogP contribution in [-0.4, -0.2) is 43.0 Å². The summed E-state index contributed by atoms with van der Waals surface area (Å²) in [6, 6.07) is 9.49. The third-order valence-electron chi connectivity index (χ3n) is 2.98. The molecule has 0 saturated carbocycles. The van der Waals surface area contributed by atoms with Crippen molar-refractivity contribution < 1.29 is 9.59 Å². The molecule has 0 unspecified atom stereocenters. The summed E-state index contributed by atoms with van der Waals surface area (Å²) in [5, 5.41) is 5.57. The minimum Gasteiger partial charge on any atom is -0.354 e. The minimum absolute atomic E-state index is 0.0340. The fourth-order valence-electron chi connectivity index (χ4n) is 1.84. The molecule has 5 heteroatoms. The predicted molar refractivity (Wildman–Crippen MR) is 79.5 cm³/mol. The van der Waals surface area contributed by atoms with E-state index < -0.39 is 0 Å². The summed E-state index contributed by atoms with van der Waals surface area (Å²) < 4.78 is 0. The van der Waals surface area contributed by atoms with Crippen molar-refractivity contribution in [2.24, 2.45) is 0 Å². The number of urea groups is 1. The summed E-state index contributed by atoms with van der Waals surface area (Å²) >= 11 is 0. The van der Waals surface area contributed by atoms with E-state index in [0.717, 1.165) is 5.56 Å². The Labute approximate surface area is 120 Å². The number of nitrogens with zero attached hydrogens (tertiary/aromatic N) is 1. The number of rotatable bonds is 7. The van der Waals surface area contributed by atoms with Crippen molar-refractivity contribution in [2.45, 2.75) is 20.3 Å². The molecule has 0 bridgehead atoms. The molecule has 0 spiro atoms. The smallest absolute Gasteiger partial charge is 0.317 e. The van der Waals surface area contributed by atoms with Crippen LogP contribution in [0.2, 0.25) is 0 Å². The third kappa shape index (κ3) is 5.73. The molecule has 0 heterocycles. The SMILES string of the molecule is CCN(CC)C(=O)NCCNC(=O)Cc1ccccc1. The Hall–Kier alpha value is -2.04. The summed E-state index contributed by atoms with van der Waals surface area (Å²) in [6.07, 6.45) is 0.366. The van der Waals surface area contributed by atoms with E-state index in [0.29, 0.717) is 32.6 Å². The maximum atomic E-state index is 11.7. The molecule has 20 heavy (non-hydrogen) atoms. The first kappa shape index (κ1) is 16.0. The van der Waals surface area contributed by atoms with Gasteiger partial charge in [0.25, 0.3) is 0 Å². The highest BCUT2D eigenvalue weighted by molar-refractivity contribution is 5.78. The Balaban J connectivity index is 2.18. The molecule has 0 aromatic heterocycles. The topological polar surface area (TPSA) is 61.4 Å². The first-order valence-corrected chi connectivity index (χ1v) is 7.00. The fraction of sp³-hybridized carbons (Fsp3) is 0.467. The molecular weight excluding hydrogens is 254 g/mol. The molecule has 2 N–H and O–H groups in total.